The standard InChI is InChI=1S/C47H53FN10O6/c1-27-18-35(19-28(2)41(27)48)58-42(56-15-14-55(45(56)62)34-7-9-38-32(21-34)24-50-53(38)4)36-25-54(13-10-37(36)52-58)43(59)40-22-31-20-30(29-11-16-64-17-12-29)6-8-39(31)57(40)47(23-33(47)26-63-5)46(3,49)51-44(60)61/h6-9,14-15,18-22,24,29,33,44,51,60-61H,10-13,16-17,23,25-26,49H2,1-5H3/t33-,46-,47+/m1/s1. The highest BCUT2D eigenvalue weighted by atomic mass is 19.1. The highest BCUT2D eigenvalue weighted by Crippen LogP contribution is 2.58. The number of fused-ring (bicyclic) bond motifs is 3. The molecule has 3 aromatic carbocycles. The number of aromatic nitrogens is 7. The number of aryl methyl sites for hydroxylation is 3. The number of imidazole rings is 1. The third kappa shape index (κ3) is 6.71. The molecule has 64 heavy (non-hydrogen) atoms. The van der Waals surface area contributed by atoms with E-state index >= 15 is 9.18 Å². The number of nitrogens with two attached hydrogens (primary N) is 1. The van der Waals surface area contributed by atoms with Gasteiger partial charge < -0.3 is 34.9 Å². The fourth-order valence-corrected chi connectivity index (χ4v) is 10.6. The molecule has 0 unspecified atom stereocenters. The van der Waals surface area contributed by atoms with E-state index in [9.17, 15) is 15.0 Å². The first kappa shape index (κ1) is 42.0. The summed E-state index contributed by atoms with van der Waals surface area (Å²) in [5.41, 5.74) is 11.1. The summed E-state index contributed by atoms with van der Waals surface area (Å²) < 4.78 is 34.9. The van der Waals surface area contributed by atoms with Crippen molar-refractivity contribution >= 4 is 27.7 Å². The van der Waals surface area contributed by atoms with Crippen LogP contribution in [-0.4, -0.2) is 99.8 Å². The zero-order chi connectivity index (χ0) is 44.8. The van der Waals surface area contributed by atoms with Gasteiger partial charge >= 0.3 is 5.69 Å². The average molecular weight is 873 g/mol. The number of amides is 1. The Morgan fingerprint density at radius 1 is 1.03 bits per heavy atom. The number of aliphatic hydroxyl groups excluding tert-OH is 1. The zero-order valence-electron chi connectivity index (χ0n) is 36.6. The molecule has 4 aromatic heterocycles. The Balaban J connectivity index is 1.10. The van der Waals surface area contributed by atoms with Crippen molar-refractivity contribution in [1.82, 2.24) is 43.5 Å². The maximum Gasteiger partial charge on any atom is 0.338 e. The smallest absolute Gasteiger partial charge is 0.338 e. The molecule has 2 aliphatic heterocycles. The molecule has 3 atom stereocenters. The van der Waals surface area contributed by atoms with Crippen LogP contribution < -0.4 is 16.7 Å². The quantitative estimate of drug-likeness (QED) is 0.136. The van der Waals surface area contributed by atoms with Crippen LogP contribution in [0.25, 0.3) is 39.0 Å². The number of hydrogen-bond acceptors (Lipinski definition) is 10. The summed E-state index contributed by atoms with van der Waals surface area (Å²) in [4.78, 5) is 31.8. The molecule has 3 aliphatic rings. The Hall–Kier alpha value is -5.95. The van der Waals surface area contributed by atoms with Crippen molar-refractivity contribution in [2.24, 2.45) is 18.7 Å². The molecule has 16 nitrogen and oxygen atoms in total. The van der Waals surface area contributed by atoms with Crippen LogP contribution in [-0.2, 0) is 35.0 Å². The number of aliphatic hydroxyl groups is 2. The first-order valence-electron chi connectivity index (χ1n) is 21.8. The molecule has 1 saturated heterocycles. The van der Waals surface area contributed by atoms with Gasteiger partial charge in [0.1, 0.15) is 17.3 Å². The normalized spacial score (nSPS) is 20.1. The third-order valence-corrected chi connectivity index (χ3v) is 13.9. The van der Waals surface area contributed by atoms with Crippen molar-refractivity contribution in [3.05, 3.63) is 123 Å². The minimum absolute atomic E-state index is 0.110. The molecule has 1 amide bonds. The highest BCUT2D eigenvalue weighted by Gasteiger charge is 2.66. The molecule has 6 heterocycles. The number of nitrogens with zero attached hydrogens (tertiary/aromatic N) is 8. The second-order valence-electron chi connectivity index (χ2n) is 17.9. The van der Waals surface area contributed by atoms with Crippen molar-refractivity contribution in [3.8, 4) is 17.2 Å². The van der Waals surface area contributed by atoms with E-state index in [0.717, 1.165) is 40.2 Å². The van der Waals surface area contributed by atoms with E-state index < -0.39 is 17.6 Å². The summed E-state index contributed by atoms with van der Waals surface area (Å²) in [6, 6.07) is 17.3. The molecule has 5 N–H and O–H groups in total. The number of carbonyl (C=O) groups excluding carboxylic acids is 1. The number of methoxy groups -OCH3 is 1. The number of rotatable bonds is 11. The van der Waals surface area contributed by atoms with Crippen LogP contribution in [0.1, 0.15) is 70.5 Å². The van der Waals surface area contributed by atoms with Crippen molar-refractivity contribution in [3.63, 3.8) is 0 Å². The fourth-order valence-electron chi connectivity index (χ4n) is 10.6. The summed E-state index contributed by atoms with van der Waals surface area (Å²) in [5, 5.41) is 34.4. The van der Waals surface area contributed by atoms with Crippen molar-refractivity contribution in [2.45, 2.75) is 76.5 Å². The predicted molar refractivity (Wildman–Crippen MR) is 237 cm³/mol. The Morgan fingerprint density at radius 2 is 1.77 bits per heavy atom. The lowest BCUT2D eigenvalue weighted by atomic mass is 9.91. The monoisotopic (exact) mass is 872 g/mol. The van der Waals surface area contributed by atoms with Gasteiger partial charge in [-0.25, -0.2) is 19.2 Å². The average Bonchev–Trinajstić information content (AvgIpc) is 3.60. The van der Waals surface area contributed by atoms with Gasteiger partial charge in [0.15, 0.2) is 0 Å². The van der Waals surface area contributed by atoms with Gasteiger partial charge in [0.05, 0.1) is 53.1 Å². The van der Waals surface area contributed by atoms with Gasteiger partial charge in [0, 0.05) is 80.5 Å². The van der Waals surface area contributed by atoms with Crippen LogP contribution in [0, 0.1) is 25.6 Å². The Morgan fingerprint density at radius 3 is 2.50 bits per heavy atom. The zero-order valence-corrected chi connectivity index (χ0v) is 36.6. The van der Waals surface area contributed by atoms with Gasteiger partial charge in [-0.15, -0.1) is 0 Å². The molecule has 334 valence electrons. The molecule has 17 heteroatoms. The van der Waals surface area contributed by atoms with Crippen molar-refractivity contribution < 1.29 is 28.9 Å². The van der Waals surface area contributed by atoms with E-state index in [0.29, 0.717) is 90.4 Å². The predicted octanol–water partition coefficient (Wildman–Crippen LogP) is 4.40. The van der Waals surface area contributed by atoms with Gasteiger partial charge in [-0.05, 0) is 111 Å². The van der Waals surface area contributed by atoms with Crippen LogP contribution in [0.2, 0.25) is 0 Å². The number of hydrogen-bond donors (Lipinski definition) is 4. The summed E-state index contributed by atoms with van der Waals surface area (Å²) in [7, 11) is 3.48. The fraction of sp³-hybridized carbons (Fsp3) is 0.404. The number of benzene rings is 3. The van der Waals surface area contributed by atoms with E-state index in [1.54, 1.807) is 77.4 Å². The van der Waals surface area contributed by atoms with Gasteiger partial charge in [0.2, 0.25) is 6.41 Å². The largest absolute Gasteiger partial charge is 0.384 e. The molecular formula is C47H53FN10O6. The van der Waals surface area contributed by atoms with E-state index in [4.69, 9.17) is 20.3 Å². The lowest BCUT2D eigenvalue weighted by Crippen LogP contribution is -2.65. The van der Waals surface area contributed by atoms with Gasteiger partial charge in [0.25, 0.3) is 5.91 Å². The van der Waals surface area contributed by atoms with E-state index in [1.165, 1.54) is 4.57 Å². The van der Waals surface area contributed by atoms with Crippen LogP contribution in [0.4, 0.5) is 4.39 Å². The first-order valence-corrected chi connectivity index (χ1v) is 21.8. The maximum absolute atomic E-state index is 15.4. The number of halogens is 1. The molecule has 10 rings (SSSR count). The Labute approximate surface area is 368 Å². The molecular weight excluding hydrogens is 820 g/mol. The molecule has 1 saturated carbocycles. The second-order valence-corrected chi connectivity index (χ2v) is 17.9. The van der Waals surface area contributed by atoms with Crippen LogP contribution in [0.3, 0.4) is 0 Å². The lowest BCUT2D eigenvalue weighted by Gasteiger charge is -2.40. The number of carbonyl (C=O) groups is 1. The van der Waals surface area contributed by atoms with Gasteiger partial charge in [-0.3, -0.25) is 18.6 Å². The Kier molecular flexibility index (Phi) is 10.3. The molecule has 1 aliphatic carbocycles. The summed E-state index contributed by atoms with van der Waals surface area (Å²) in [6.07, 6.45) is 5.91. The van der Waals surface area contributed by atoms with Gasteiger partial charge in [-0.1, -0.05) is 6.07 Å². The maximum atomic E-state index is 15.4. The molecule has 2 fully saturated rings. The minimum atomic E-state index is -1.92. The number of nitrogens with one attached hydrogen (secondary N) is 1. The molecule has 0 radical (unpaired) electrons. The third-order valence-electron chi connectivity index (χ3n) is 13.9. The van der Waals surface area contributed by atoms with Crippen molar-refractivity contribution in [1.29, 1.82) is 0 Å². The summed E-state index contributed by atoms with van der Waals surface area (Å²) in [6.45, 7) is 7.24. The van der Waals surface area contributed by atoms with Crippen LogP contribution in [0.5, 0.6) is 0 Å². The molecule has 0 spiro atoms. The van der Waals surface area contributed by atoms with E-state index in [-0.39, 0.29) is 29.9 Å². The number of ether oxygens (including phenoxy) is 2. The van der Waals surface area contributed by atoms with E-state index in [1.807, 2.05) is 41.9 Å². The molecule has 7 aromatic rings. The topological polar surface area (TPSA) is 185 Å². The van der Waals surface area contributed by atoms with Crippen molar-refractivity contribution in [2.75, 3.05) is 33.5 Å². The molecule has 0 bridgehead atoms. The lowest BCUT2D eigenvalue weighted by molar-refractivity contribution is -0.0944. The van der Waals surface area contributed by atoms with E-state index in [2.05, 4.69) is 22.5 Å². The summed E-state index contributed by atoms with van der Waals surface area (Å²) >= 11 is 0. The first-order chi connectivity index (χ1) is 30.7. The minimum Gasteiger partial charge on any atom is -0.384 e. The SMILES string of the molecule is COC[C@H]1C[C@@]1(n1c(C(=O)N2CCc3nn(-c4cc(C)c(F)c(C)c4)c(-n4ccn(-c5ccc6c(cnn6C)c5)c4=O)c3C2)cc2cc(C3CCOCC3)ccc21)[C@](C)(N)NC(O)O. The second kappa shape index (κ2) is 15.6. The summed E-state index contributed by atoms with van der Waals surface area (Å²) in [5.74, 6) is -0.00382. The Bertz CT molecular complexity index is 3000. The van der Waals surface area contributed by atoms with Gasteiger partial charge in [-0.2, -0.15) is 10.2 Å². The van der Waals surface area contributed by atoms with Crippen LogP contribution in [0.15, 0.2) is 78.0 Å². The van der Waals surface area contributed by atoms with Crippen LogP contribution >= 0.6 is 0 Å². The highest BCUT2D eigenvalue weighted by molar-refractivity contribution is 5.99.